The number of aliphatic hydroxyl groups is 9. The standard InChI is InChI=1S/C30H52N4O23S/c1-8(38)32-16-21(43)26(14(51-27(16)46)7-50-58(47,48)49)57-30-18(34-10(3)40)23(45)25(13(6-37)54-30)56-29-17(33-9(2)39)22(44)24(12(5-36)53-29)55-28-15(31)20(42)19(41)11(4-35)52-28/h11-30,35-37,41-46H,4-7,31H2,1-3H3,(H,32,38)(H,33,39)(H,34,40)(H,47,48,49)/p-1/t11-,12-,13-,14-,15-,16-,17-,18-,19-,20-,21-,22-,23-,24-,25-,26-,27?,28+,29+,30+/m1/s1. The molecular weight excluding hydrogens is 816 g/mol. The predicted molar refractivity (Wildman–Crippen MR) is 179 cm³/mol. The van der Waals surface area contributed by atoms with Crippen LogP contribution in [0.3, 0.4) is 0 Å². The fourth-order valence-electron chi connectivity index (χ4n) is 6.95. The van der Waals surface area contributed by atoms with Crippen LogP contribution < -0.4 is 21.7 Å². The van der Waals surface area contributed by atoms with Crippen molar-refractivity contribution in [2.75, 3.05) is 26.4 Å². The van der Waals surface area contributed by atoms with Gasteiger partial charge in [-0.05, 0) is 0 Å². The van der Waals surface area contributed by atoms with E-state index in [4.69, 9.17) is 38.9 Å². The van der Waals surface area contributed by atoms with Gasteiger partial charge in [-0.25, -0.2) is 8.42 Å². The molecular formula is C30H51N4O23S-. The molecule has 0 radical (unpaired) electrons. The molecule has 1 unspecified atom stereocenters. The second kappa shape index (κ2) is 20.4. The average molecular weight is 868 g/mol. The highest BCUT2D eigenvalue weighted by Crippen LogP contribution is 2.34. The van der Waals surface area contributed by atoms with Crippen LogP contribution in [0.2, 0.25) is 0 Å². The fraction of sp³-hybridized carbons (Fsp3) is 0.900. The summed E-state index contributed by atoms with van der Waals surface area (Å²) in [6.45, 7) is -0.755. The zero-order valence-corrected chi connectivity index (χ0v) is 31.9. The summed E-state index contributed by atoms with van der Waals surface area (Å²) < 4.78 is 78.1. The van der Waals surface area contributed by atoms with E-state index in [-0.39, 0.29) is 0 Å². The van der Waals surface area contributed by atoms with Crippen molar-refractivity contribution in [3.8, 4) is 0 Å². The molecule has 4 aliphatic rings. The lowest BCUT2D eigenvalue weighted by molar-refractivity contribution is -0.361. The molecule has 58 heavy (non-hydrogen) atoms. The molecule has 20 atom stereocenters. The molecule has 4 rings (SSSR count). The first kappa shape index (κ1) is 48.3. The summed E-state index contributed by atoms with van der Waals surface area (Å²) in [5.41, 5.74) is 5.97. The molecule has 4 heterocycles. The Balaban J connectivity index is 1.62. The van der Waals surface area contributed by atoms with E-state index >= 15 is 0 Å². The van der Waals surface area contributed by atoms with Crippen LogP contribution in [-0.4, -0.2) is 226 Å². The number of nitrogens with one attached hydrogen (secondary N) is 3. The van der Waals surface area contributed by atoms with Crippen LogP contribution in [0, 0.1) is 0 Å². The summed E-state index contributed by atoms with van der Waals surface area (Å²) in [6.07, 6.45) is -28.2. The lowest BCUT2D eigenvalue weighted by Gasteiger charge is -2.50. The lowest BCUT2D eigenvalue weighted by atomic mass is 9.93. The van der Waals surface area contributed by atoms with E-state index in [0.29, 0.717) is 0 Å². The molecule has 27 nitrogen and oxygen atoms in total. The minimum atomic E-state index is -5.38. The number of hydrogen-bond acceptors (Lipinski definition) is 24. The average Bonchev–Trinajstić information content (AvgIpc) is 3.14. The highest BCUT2D eigenvalue weighted by molar-refractivity contribution is 7.80. The summed E-state index contributed by atoms with van der Waals surface area (Å²) >= 11 is 0. The van der Waals surface area contributed by atoms with Crippen molar-refractivity contribution >= 4 is 28.1 Å². The summed E-state index contributed by atoms with van der Waals surface area (Å²) in [5.74, 6) is -2.36. The third-order valence-electron chi connectivity index (χ3n) is 9.69. The number of nitrogens with two attached hydrogens (primary N) is 1. The molecule has 0 spiro atoms. The number of amides is 3. The third-order valence-corrected chi connectivity index (χ3v) is 10.1. The number of rotatable bonds is 15. The first-order chi connectivity index (χ1) is 27.1. The first-order valence-corrected chi connectivity index (χ1v) is 19.1. The SMILES string of the molecule is CC(=O)N[C@H]1[C@H](O[C@H]2[C@H](O)[C@@H](NC(C)=O)[C@H](O[C@H]3[C@H](O)[C@@H](NC(C)=O)C(O)O[C@@H]3COS(=O)(=O)[O-])O[C@@H]2CO)O[C@H](CO)[C@@H](O[C@@H]2O[C@H](CO)[C@@H](O)[C@H](O)[C@H]2N)[C@@H]1O. The second-order valence-corrected chi connectivity index (χ2v) is 15.0. The molecule has 0 aromatic heterocycles. The zero-order chi connectivity index (χ0) is 43.4. The molecule has 0 saturated carbocycles. The summed E-state index contributed by atoms with van der Waals surface area (Å²) in [6, 6.07) is -6.44. The van der Waals surface area contributed by atoms with Gasteiger partial charge in [0.1, 0.15) is 91.4 Å². The van der Waals surface area contributed by atoms with Crippen LogP contribution in [0.25, 0.3) is 0 Å². The Labute approximate surface area is 330 Å². The zero-order valence-electron chi connectivity index (χ0n) is 31.1. The first-order valence-electron chi connectivity index (χ1n) is 17.8. The van der Waals surface area contributed by atoms with Crippen molar-refractivity contribution in [1.82, 2.24) is 16.0 Å². The number of hydrogen-bond donors (Lipinski definition) is 13. The summed E-state index contributed by atoms with van der Waals surface area (Å²) in [7, 11) is -5.38. The molecule has 4 saturated heterocycles. The van der Waals surface area contributed by atoms with E-state index in [1.54, 1.807) is 0 Å². The van der Waals surface area contributed by atoms with Crippen LogP contribution in [0.5, 0.6) is 0 Å². The minimum absolute atomic E-state index is 0.767. The maximum absolute atomic E-state index is 12.4. The molecule has 4 aliphatic heterocycles. The molecule has 14 N–H and O–H groups in total. The van der Waals surface area contributed by atoms with E-state index in [9.17, 15) is 73.3 Å². The van der Waals surface area contributed by atoms with Gasteiger partial charge in [-0.15, -0.1) is 0 Å². The maximum atomic E-state index is 12.4. The largest absolute Gasteiger partial charge is 0.726 e. The van der Waals surface area contributed by atoms with Crippen molar-refractivity contribution in [2.45, 2.75) is 143 Å². The Kier molecular flexibility index (Phi) is 17.0. The smallest absolute Gasteiger partial charge is 0.217 e. The van der Waals surface area contributed by atoms with Crippen molar-refractivity contribution in [1.29, 1.82) is 0 Å². The Morgan fingerprint density at radius 2 is 0.966 bits per heavy atom. The number of aliphatic hydroxyl groups excluding tert-OH is 9. The predicted octanol–water partition coefficient (Wildman–Crippen LogP) is -9.87. The third kappa shape index (κ3) is 11.5. The number of carbonyl (C=O) groups excluding carboxylic acids is 3. The normalized spacial score (nSPS) is 43.6. The second-order valence-electron chi connectivity index (χ2n) is 13.9. The van der Waals surface area contributed by atoms with Gasteiger partial charge in [0.2, 0.25) is 28.1 Å². The summed E-state index contributed by atoms with van der Waals surface area (Å²) in [5, 5.41) is 103. The van der Waals surface area contributed by atoms with E-state index in [0.717, 1.165) is 20.8 Å². The number of carbonyl (C=O) groups is 3. The molecule has 0 aromatic carbocycles. The van der Waals surface area contributed by atoms with Gasteiger partial charge in [-0.3, -0.25) is 18.6 Å². The van der Waals surface area contributed by atoms with Gasteiger partial charge in [0.25, 0.3) is 0 Å². The monoisotopic (exact) mass is 867 g/mol. The molecule has 0 aliphatic carbocycles. The highest BCUT2D eigenvalue weighted by Gasteiger charge is 2.56. The fourth-order valence-corrected chi connectivity index (χ4v) is 7.25. The van der Waals surface area contributed by atoms with Crippen LogP contribution in [0.4, 0.5) is 0 Å². The molecule has 4 fully saturated rings. The molecule has 336 valence electrons. The lowest BCUT2D eigenvalue weighted by Crippen LogP contribution is -2.71. The molecule has 28 heteroatoms. The van der Waals surface area contributed by atoms with Gasteiger partial charge in [0.05, 0.1) is 32.5 Å². The van der Waals surface area contributed by atoms with Crippen LogP contribution >= 0.6 is 0 Å². The highest BCUT2D eigenvalue weighted by atomic mass is 32.3. The Morgan fingerprint density at radius 1 is 0.586 bits per heavy atom. The van der Waals surface area contributed by atoms with Gasteiger partial charge < -0.3 is 105 Å². The van der Waals surface area contributed by atoms with Crippen molar-refractivity contribution < 1.29 is 111 Å². The van der Waals surface area contributed by atoms with E-state index < -0.39 is 177 Å². The van der Waals surface area contributed by atoms with Crippen LogP contribution in [0.15, 0.2) is 0 Å². The van der Waals surface area contributed by atoms with E-state index in [2.05, 4.69) is 20.1 Å². The van der Waals surface area contributed by atoms with Crippen molar-refractivity contribution in [3.63, 3.8) is 0 Å². The Morgan fingerprint density at radius 3 is 1.38 bits per heavy atom. The van der Waals surface area contributed by atoms with Gasteiger partial charge in [0.15, 0.2) is 25.2 Å². The van der Waals surface area contributed by atoms with Crippen LogP contribution in [0.1, 0.15) is 20.8 Å². The van der Waals surface area contributed by atoms with E-state index in [1.807, 2.05) is 0 Å². The van der Waals surface area contributed by atoms with Crippen molar-refractivity contribution in [3.05, 3.63) is 0 Å². The quantitative estimate of drug-likeness (QED) is 0.0537. The molecule has 0 bridgehead atoms. The maximum Gasteiger partial charge on any atom is 0.217 e. The molecule has 3 amide bonds. The van der Waals surface area contributed by atoms with E-state index in [1.165, 1.54) is 0 Å². The minimum Gasteiger partial charge on any atom is -0.726 e. The summed E-state index contributed by atoms with van der Waals surface area (Å²) in [4.78, 5) is 36.5. The molecule has 0 aromatic rings. The van der Waals surface area contributed by atoms with Crippen LogP contribution in [-0.2, 0) is 62.1 Å². The van der Waals surface area contributed by atoms with Gasteiger partial charge in [-0.2, -0.15) is 0 Å². The van der Waals surface area contributed by atoms with Crippen molar-refractivity contribution in [2.24, 2.45) is 5.73 Å². The topological polar surface area (TPSA) is 426 Å². The van der Waals surface area contributed by atoms with Gasteiger partial charge >= 0.3 is 0 Å². The Bertz CT molecular complexity index is 1500. The Hall–Kier alpha value is -2.40. The number of ether oxygens (including phenoxy) is 7. The van der Waals surface area contributed by atoms with Gasteiger partial charge in [0, 0.05) is 20.8 Å². The van der Waals surface area contributed by atoms with Gasteiger partial charge in [-0.1, -0.05) is 0 Å².